The second-order valence-electron chi connectivity index (χ2n) is 14.2. The molecule has 2 fully saturated rings. The van der Waals surface area contributed by atoms with E-state index < -0.39 is 11.2 Å². The fourth-order valence-corrected chi connectivity index (χ4v) is 7.93. The number of H-pyrrole nitrogens is 3. The van der Waals surface area contributed by atoms with E-state index in [-0.39, 0.29) is 26.5 Å². The number of fused-ring (bicyclic) bond motifs is 3. The van der Waals surface area contributed by atoms with Crippen molar-refractivity contribution in [2.24, 2.45) is 16.6 Å². The van der Waals surface area contributed by atoms with Gasteiger partial charge < -0.3 is 31.1 Å². The number of hydrogen-bond acceptors (Lipinski definition) is 10. The first-order chi connectivity index (χ1) is 23.7. The van der Waals surface area contributed by atoms with Gasteiger partial charge >= 0.3 is 5.97 Å². The smallest absolute Gasteiger partial charge is 0.352 e. The number of aromatic amines is 3. The van der Waals surface area contributed by atoms with Gasteiger partial charge in [0.05, 0.1) is 30.6 Å². The summed E-state index contributed by atoms with van der Waals surface area (Å²) in [6.07, 6.45) is 9.60. The van der Waals surface area contributed by atoms with Crippen LogP contribution in [0.3, 0.4) is 0 Å². The second kappa shape index (κ2) is 18.4. The molecule has 6 aromatic rings. The van der Waals surface area contributed by atoms with Gasteiger partial charge in [-0.1, -0.05) is 42.5 Å². The van der Waals surface area contributed by atoms with E-state index in [9.17, 15) is 14.4 Å². The topological polar surface area (TPSA) is 196 Å². The lowest BCUT2D eigenvalue weighted by molar-refractivity contribution is 0.0691. The molecule has 0 bridgehead atoms. The van der Waals surface area contributed by atoms with Crippen LogP contribution in [0, 0.1) is 10.8 Å². The number of thiazole rings is 3. The second-order valence-corrected chi connectivity index (χ2v) is 17.2. The summed E-state index contributed by atoms with van der Waals surface area (Å²) in [6, 6.07) is 5.97. The Morgan fingerprint density at radius 1 is 0.731 bits per heavy atom. The van der Waals surface area contributed by atoms with Gasteiger partial charge in [-0.05, 0) is 92.0 Å². The normalized spacial score (nSPS) is 16.6. The average Bonchev–Trinajstić information content (AvgIpc) is 3.88. The molecule has 2 aliphatic rings. The lowest BCUT2D eigenvalue weighted by Crippen LogP contribution is -2.39. The van der Waals surface area contributed by atoms with Gasteiger partial charge in [0.2, 0.25) is 0 Å². The lowest BCUT2D eigenvalue weighted by atomic mass is 9.75. The number of halogens is 1. The van der Waals surface area contributed by atoms with E-state index in [0.717, 1.165) is 38.2 Å². The molecule has 7 N–H and O–H groups in total. The monoisotopic (exact) mass is 790 g/mol. The third kappa shape index (κ3) is 11.7. The number of hydrogen-bond donors (Lipinski definition) is 6. The summed E-state index contributed by atoms with van der Waals surface area (Å²) in [7, 11) is 0. The van der Waals surface area contributed by atoms with Crippen LogP contribution < -0.4 is 11.1 Å². The van der Waals surface area contributed by atoms with Crippen LogP contribution in [0.4, 0.5) is 0 Å². The highest BCUT2D eigenvalue weighted by Crippen LogP contribution is 2.35. The summed E-state index contributed by atoms with van der Waals surface area (Å²) in [6.45, 7) is 9.27. The minimum atomic E-state index is -0.949. The van der Waals surface area contributed by atoms with Crippen molar-refractivity contribution in [1.82, 2.24) is 35.2 Å². The average molecular weight is 792 g/mol. The molecule has 0 spiro atoms. The van der Waals surface area contributed by atoms with Gasteiger partial charge in [0.1, 0.15) is 34.0 Å². The Kier molecular flexibility index (Phi) is 15.2. The SMILES string of the molecule is C.C.CC1(C)CCC(N)CC1.CC1(C)CCC(NC(=O)c2cc3scnc3[nH]2)CC1.O=C(Cl)c1cc2scnc2[nH]1.O=C(O)c1cc2scnc2[nH]1. The Balaban J connectivity index is 0.000000193. The molecule has 16 heteroatoms. The predicted molar refractivity (Wildman–Crippen MR) is 216 cm³/mol. The van der Waals surface area contributed by atoms with Gasteiger partial charge in [0, 0.05) is 12.1 Å². The zero-order valence-electron chi connectivity index (χ0n) is 28.5. The number of rotatable bonds is 4. The third-order valence-corrected chi connectivity index (χ3v) is 11.6. The minimum absolute atomic E-state index is 0. The summed E-state index contributed by atoms with van der Waals surface area (Å²) >= 11 is 9.68. The van der Waals surface area contributed by atoms with Crippen LogP contribution in [0.15, 0.2) is 34.7 Å². The first-order valence-corrected chi connectivity index (χ1v) is 19.5. The van der Waals surface area contributed by atoms with Gasteiger partial charge in [0.15, 0.2) is 0 Å². The van der Waals surface area contributed by atoms with E-state index in [4.69, 9.17) is 22.4 Å². The van der Waals surface area contributed by atoms with E-state index in [2.05, 4.69) is 62.9 Å². The molecule has 0 saturated heterocycles. The van der Waals surface area contributed by atoms with Gasteiger partial charge in [0.25, 0.3) is 11.1 Å². The maximum Gasteiger partial charge on any atom is 0.352 e. The maximum absolute atomic E-state index is 12.2. The van der Waals surface area contributed by atoms with E-state index in [1.54, 1.807) is 40.0 Å². The van der Waals surface area contributed by atoms with Gasteiger partial charge in [-0.25, -0.2) is 19.7 Å². The standard InChI is InChI=1S/C14H19N3OS.C8H17N.C6H3ClN2OS.C6H4N2O2S.2CH4/c1-14(2)5-3-9(4-6-14)16-13(18)10-7-11-12(17-10)15-8-19-11;1-8(2)5-3-7(9)4-6-8;7-5(10)3-1-4-6(9-3)8-2-11-4;9-6(10)3-1-4-5(8-3)7-2-11-4;;/h7-9,17H,3-6H2,1-2H3,(H,16,18);7H,3-6,9H2,1-2H3;1-2,9H;1-2,8H,(H,9,10);2*1H4. The Hall–Kier alpha value is -3.63. The molecule has 1 amide bonds. The Morgan fingerprint density at radius 2 is 1.12 bits per heavy atom. The molecule has 8 rings (SSSR count). The number of carbonyl (C=O) groups is 3. The van der Waals surface area contributed by atoms with Crippen molar-refractivity contribution in [2.45, 2.75) is 106 Å². The molecule has 2 saturated carbocycles. The largest absolute Gasteiger partial charge is 0.477 e. The summed E-state index contributed by atoms with van der Waals surface area (Å²) in [5.74, 6) is -0.954. The van der Waals surface area contributed by atoms with Crippen LogP contribution >= 0.6 is 45.6 Å². The number of nitrogens with zero attached hydrogens (tertiary/aromatic N) is 3. The van der Waals surface area contributed by atoms with E-state index in [0.29, 0.717) is 39.9 Å². The molecule has 0 radical (unpaired) electrons. The quantitative estimate of drug-likeness (QED) is 0.0949. The van der Waals surface area contributed by atoms with Crippen molar-refractivity contribution in [2.75, 3.05) is 0 Å². The van der Waals surface area contributed by atoms with Gasteiger partial charge in [-0.15, -0.1) is 34.0 Å². The molecule has 0 aliphatic heterocycles. The molecule has 6 aromatic heterocycles. The Labute approximate surface area is 321 Å². The number of carboxylic acid groups (broad SMARTS) is 1. The number of amides is 1. The van der Waals surface area contributed by atoms with E-state index in [1.165, 1.54) is 61.2 Å². The number of nitrogens with two attached hydrogens (primary N) is 1. The zero-order valence-corrected chi connectivity index (χ0v) is 31.7. The maximum atomic E-state index is 12.2. The molecule has 6 heterocycles. The van der Waals surface area contributed by atoms with E-state index >= 15 is 0 Å². The summed E-state index contributed by atoms with van der Waals surface area (Å²) in [5, 5.41) is 11.2. The Bertz CT molecular complexity index is 1870. The lowest BCUT2D eigenvalue weighted by Gasteiger charge is -2.34. The minimum Gasteiger partial charge on any atom is -0.477 e. The number of nitrogens with one attached hydrogen (secondary N) is 4. The Morgan fingerprint density at radius 3 is 1.52 bits per heavy atom. The molecular weight excluding hydrogens is 740 g/mol. The molecule has 0 atom stereocenters. The molecule has 284 valence electrons. The van der Waals surface area contributed by atoms with Gasteiger partial charge in [-0.3, -0.25) is 9.59 Å². The van der Waals surface area contributed by atoms with Crippen LogP contribution in [0.25, 0.3) is 31.0 Å². The highest BCUT2D eigenvalue weighted by atomic mass is 35.5. The van der Waals surface area contributed by atoms with Crippen molar-refractivity contribution in [3.8, 4) is 0 Å². The van der Waals surface area contributed by atoms with Crippen LogP contribution in [0.5, 0.6) is 0 Å². The molecular formula is C36H51ClN8O4S3. The van der Waals surface area contributed by atoms with Crippen molar-refractivity contribution in [3.63, 3.8) is 0 Å². The highest BCUT2D eigenvalue weighted by molar-refractivity contribution is 7.17. The molecule has 0 unspecified atom stereocenters. The first kappa shape index (κ1) is 42.8. The molecule has 52 heavy (non-hydrogen) atoms. The summed E-state index contributed by atoms with van der Waals surface area (Å²) < 4.78 is 2.87. The third-order valence-electron chi connectivity index (χ3n) is 9.12. The van der Waals surface area contributed by atoms with Crippen LogP contribution in [-0.2, 0) is 0 Å². The number of aromatic nitrogens is 6. The van der Waals surface area contributed by atoms with Crippen molar-refractivity contribution in [3.05, 3.63) is 51.8 Å². The highest BCUT2D eigenvalue weighted by Gasteiger charge is 2.28. The molecule has 0 aromatic carbocycles. The zero-order chi connectivity index (χ0) is 36.1. The predicted octanol–water partition coefficient (Wildman–Crippen LogP) is 9.84. The number of carbonyl (C=O) groups excluding carboxylic acids is 2. The molecule has 2 aliphatic carbocycles. The number of aromatic carboxylic acids is 1. The summed E-state index contributed by atoms with van der Waals surface area (Å²) in [5.41, 5.74) is 15.3. The van der Waals surface area contributed by atoms with Crippen molar-refractivity contribution < 1.29 is 19.5 Å². The fraction of sp³-hybridized carbons (Fsp3) is 0.500. The number of carboxylic acids is 1. The van der Waals surface area contributed by atoms with Crippen molar-refractivity contribution in [1.29, 1.82) is 0 Å². The summed E-state index contributed by atoms with van der Waals surface area (Å²) in [4.78, 5) is 53.8. The van der Waals surface area contributed by atoms with Crippen LogP contribution in [-0.4, -0.2) is 64.2 Å². The van der Waals surface area contributed by atoms with E-state index in [1.807, 2.05) is 6.07 Å². The first-order valence-electron chi connectivity index (χ1n) is 16.4. The fourth-order valence-electron chi connectivity index (χ4n) is 5.81. The van der Waals surface area contributed by atoms with Crippen molar-refractivity contribution >= 4 is 93.8 Å². The van der Waals surface area contributed by atoms with Gasteiger partial charge in [-0.2, -0.15) is 0 Å². The molecule has 12 nitrogen and oxygen atoms in total. The van der Waals surface area contributed by atoms with Crippen LogP contribution in [0.1, 0.15) is 125 Å². The van der Waals surface area contributed by atoms with Crippen LogP contribution in [0.2, 0.25) is 0 Å².